The van der Waals surface area contributed by atoms with Crippen molar-refractivity contribution < 1.29 is 26.3 Å². The zero-order valence-corrected chi connectivity index (χ0v) is 11.8. The van der Waals surface area contributed by atoms with Gasteiger partial charge in [-0.05, 0) is 42.5 Å². The SMILES string of the molecule is O=S(=O)(c1ccc(Cl)cc1)c1cccc(OC(F)(F)F)c1. The first kappa shape index (κ1) is 15.7. The van der Waals surface area contributed by atoms with Gasteiger partial charge in [0, 0.05) is 5.02 Å². The van der Waals surface area contributed by atoms with Crippen molar-refractivity contribution in [3.63, 3.8) is 0 Å². The topological polar surface area (TPSA) is 43.4 Å². The Morgan fingerprint density at radius 3 is 2.14 bits per heavy atom. The van der Waals surface area contributed by atoms with Crippen molar-refractivity contribution in [2.45, 2.75) is 16.2 Å². The van der Waals surface area contributed by atoms with E-state index < -0.39 is 21.9 Å². The van der Waals surface area contributed by atoms with Gasteiger partial charge in [0.1, 0.15) is 5.75 Å². The van der Waals surface area contributed by atoms with E-state index >= 15 is 0 Å². The summed E-state index contributed by atoms with van der Waals surface area (Å²) in [7, 11) is -3.94. The molecule has 0 saturated heterocycles. The van der Waals surface area contributed by atoms with Crippen LogP contribution in [-0.2, 0) is 9.84 Å². The molecule has 112 valence electrons. The second-order valence-electron chi connectivity index (χ2n) is 3.98. The minimum Gasteiger partial charge on any atom is -0.406 e. The highest BCUT2D eigenvalue weighted by Gasteiger charge is 2.31. The van der Waals surface area contributed by atoms with Crippen LogP contribution in [0.4, 0.5) is 13.2 Å². The molecule has 21 heavy (non-hydrogen) atoms. The maximum Gasteiger partial charge on any atom is 0.573 e. The minimum atomic E-state index is -4.89. The molecular weight excluding hydrogens is 329 g/mol. The molecule has 0 heterocycles. The first-order chi connectivity index (χ1) is 9.68. The van der Waals surface area contributed by atoms with Gasteiger partial charge in [0.2, 0.25) is 9.84 Å². The fourth-order valence-electron chi connectivity index (χ4n) is 1.59. The summed E-state index contributed by atoms with van der Waals surface area (Å²) in [6.45, 7) is 0. The van der Waals surface area contributed by atoms with Gasteiger partial charge in [-0.15, -0.1) is 13.2 Å². The third kappa shape index (κ3) is 3.89. The van der Waals surface area contributed by atoms with Crippen molar-refractivity contribution in [2.75, 3.05) is 0 Å². The van der Waals surface area contributed by atoms with Gasteiger partial charge in [0.05, 0.1) is 9.79 Å². The summed E-state index contributed by atoms with van der Waals surface area (Å²) in [6, 6.07) is 9.50. The van der Waals surface area contributed by atoms with E-state index in [0.29, 0.717) is 5.02 Å². The van der Waals surface area contributed by atoms with Crippen molar-refractivity contribution in [3.05, 3.63) is 53.6 Å². The smallest absolute Gasteiger partial charge is 0.406 e. The van der Waals surface area contributed by atoms with Crippen LogP contribution in [0.25, 0.3) is 0 Å². The molecule has 2 rings (SSSR count). The number of rotatable bonds is 3. The Bertz CT molecular complexity index is 740. The first-order valence-electron chi connectivity index (χ1n) is 5.55. The second-order valence-corrected chi connectivity index (χ2v) is 6.37. The zero-order chi connectivity index (χ0) is 15.7. The van der Waals surface area contributed by atoms with Gasteiger partial charge >= 0.3 is 6.36 Å². The second kappa shape index (κ2) is 5.57. The van der Waals surface area contributed by atoms with E-state index in [1.807, 2.05) is 0 Å². The quantitative estimate of drug-likeness (QED) is 0.848. The van der Waals surface area contributed by atoms with Crippen molar-refractivity contribution in [3.8, 4) is 5.75 Å². The van der Waals surface area contributed by atoms with E-state index in [2.05, 4.69) is 4.74 Å². The van der Waals surface area contributed by atoms with Crippen LogP contribution in [0.1, 0.15) is 0 Å². The standard InChI is InChI=1S/C13H8ClF3O3S/c14-9-4-6-11(7-5-9)21(18,19)12-3-1-2-10(8-12)20-13(15,16)17/h1-8H. The molecule has 2 aromatic carbocycles. The number of hydrogen-bond donors (Lipinski definition) is 0. The highest BCUT2D eigenvalue weighted by atomic mass is 35.5. The Hall–Kier alpha value is -1.73. The zero-order valence-electron chi connectivity index (χ0n) is 10.3. The normalized spacial score (nSPS) is 12.2. The molecular formula is C13H8ClF3O3S. The molecule has 0 spiro atoms. The fourth-order valence-corrected chi connectivity index (χ4v) is 3.01. The molecule has 0 N–H and O–H groups in total. The molecule has 2 aromatic rings. The van der Waals surface area contributed by atoms with E-state index in [-0.39, 0.29) is 9.79 Å². The fraction of sp³-hybridized carbons (Fsp3) is 0.0769. The lowest BCUT2D eigenvalue weighted by molar-refractivity contribution is -0.274. The number of halogens is 4. The summed E-state index contributed by atoms with van der Waals surface area (Å²) < 4.78 is 64.7. The molecule has 8 heteroatoms. The van der Waals surface area contributed by atoms with E-state index in [0.717, 1.165) is 12.1 Å². The van der Waals surface area contributed by atoms with E-state index in [9.17, 15) is 21.6 Å². The van der Waals surface area contributed by atoms with E-state index in [4.69, 9.17) is 11.6 Å². The Morgan fingerprint density at radius 1 is 0.952 bits per heavy atom. The molecule has 0 radical (unpaired) electrons. The Labute approximate surface area is 123 Å². The van der Waals surface area contributed by atoms with Crippen LogP contribution in [0.2, 0.25) is 5.02 Å². The molecule has 0 unspecified atom stereocenters. The van der Waals surface area contributed by atoms with Crippen LogP contribution in [0.3, 0.4) is 0 Å². The summed E-state index contributed by atoms with van der Waals surface area (Å²) in [6.07, 6.45) is -4.89. The van der Waals surface area contributed by atoms with E-state index in [1.54, 1.807) is 0 Å². The summed E-state index contributed by atoms with van der Waals surface area (Å²) in [4.78, 5) is -0.373. The highest BCUT2D eigenvalue weighted by molar-refractivity contribution is 7.91. The van der Waals surface area contributed by atoms with Gasteiger partial charge in [-0.2, -0.15) is 0 Å². The van der Waals surface area contributed by atoms with Gasteiger partial charge in [-0.1, -0.05) is 17.7 Å². The molecule has 0 fully saturated rings. The maximum atomic E-state index is 12.3. The summed E-state index contributed by atoms with van der Waals surface area (Å²) in [5, 5.41) is 0.350. The van der Waals surface area contributed by atoms with Crippen LogP contribution in [-0.4, -0.2) is 14.8 Å². The van der Waals surface area contributed by atoms with E-state index in [1.165, 1.54) is 36.4 Å². The van der Waals surface area contributed by atoms with Crippen molar-refractivity contribution in [2.24, 2.45) is 0 Å². The number of benzene rings is 2. The number of hydrogen-bond acceptors (Lipinski definition) is 3. The van der Waals surface area contributed by atoms with Gasteiger partial charge in [-0.25, -0.2) is 8.42 Å². The third-order valence-electron chi connectivity index (χ3n) is 2.47. The van der Waals surface area contributed by atoms with Crippen molar-refractivity contribution in [1.29, 1.82) is 0 Å². The Morgan fingerprint density at radius 2 is 1.57 bits per heavy atom. The van der Waals surface area contributed by atoms with Gasteiger partial charge in [0.15, 0.2) is 0 Å². The van der Waals surface area contributed by atoms with Crippen LogP contribution < -0.4 is 4.74 Å². The summed E-state index contributed by atoms with van der Waals surface area (Å²) in [5.74, 6) is -0.600. The average Bonchev–Trinajstić information content (AvgIpc) is 2.37. The van der Waals surface area contributed by atoms with Gasteiger partial charge in [0.25, 0.3) is 0 Å². The van der Waals surface area contributed by atoms with Gasteiger partial charge in [-0.3, -0.25) is 0 Å². The molecule has 0 bridgehead atoms. The molecule has 0 aliphatic carbocycles. The number of sulfone groups is 1. The largest absolute Gasteiger partial charge is 0.573 e. The lowest BCUT2D eigenvalue weighted by Gasteiger charge is -2.10. The number of alkyl halides is 3. The van der Waals surface area contributed by atoms with Crippen LogP contribution >= 0.6 is 11.6 Å². The molecule has 3 nitrogen and oxygen atoms in total. The molecule has 0 aliphatic heterocycles. The Kier molecular flexibility index (Phi) is 4.15. The highest BCUT2D eigenvalue weighted by Crippen LogP contribution is 2.28. The van der Waals surface area contributed by atoms with Crippen molar-refractivity contribution in [1.82, 2.24) is 0 Å². The first-order valence-corrected chi connectivity index (χ1v) is 7.41. The average molecular weight is 337 g/mol. The van der Waals surface area contributed by atoms with Gasteiger partial charge < -0.3 is 4.74 Å². The molecule has 0 amide bonds. The molecule has 0 atom stereocenters. The lowest BCUT2D eigenvalue weighted by atomic mass is 10.3. The Balaban J connectivity index is 2.41. The predicted molar refractivity (Wildman–Crippen MR) is 70.0 cm³/mol. The number of ether oxygens (including phenoxy) is 1. The van der Waals surface area contributed by atoms with Crippen molar-refractivity contribution >= 4 is 21.4 Å². The maximum absolute atomic E-state index is 12.3. The lowest BCUT2D eigenvalue weighted by Crippen LogP contribution is -2.17. The predicted octanol–water partition coefficient (Wildman–Crippen LogP) is 4.07. The molecule has 0 saturated carbocycles. The van der Waals surface area contributed by atoms with Crippen LogP contribution in [0.15, 0.2) is 58.3 Å². The molecule has 0 aliphatic rings. The monoisotopic (exact) mass is 336 g/mol. The summed E-state index contributed by atoms with van der Waals surface area (Å²) in [5.41, 5.74) is 0. The van der Waals surface area contributed by atoms with Crippen LogP contribution in [0, 0.1) is 0 Å². The molecule has 0 aromatic heterocycles. The van der Waals surface area contributed by atoms with Crippen LogP contribution in [0.5, 0.6) is 5.75 Å². The minimum absolute atomic E-state index is 0.0731. The summed E-state index contributed by atoms with van der Waals surface area (Å²) >= 11 is 5.67. The third-order valence-corrected chi connectivity index (χ3v) is 4.49.